The van der Waals surface area contributed by atoms with Gasteiger partial charge < -0.3 is 14.2 Å². The van der Waals surface area contributed by atoms with Gasteiger partial charge in [0.05, 0.1) is 0 Å². The van der Waals surface area contributed by atoms with Crippen molar-refractivity contribution in [1.82, 2.24) is 19.7 Å². The van der Waals surface area contributed by atoms with Gasteiger partial charge in [-0.3, -0.25) is 9.69 Å². The molecule has 3 aliphatic rings. The molecule has 4 heterocycles. The first kappa shape index (κ1) is 19.1. The number of aromatic nitrogens is 1. The fourth-order valence-electron chi connectivity index (χ4n) is 6.05. The van der Waals surface area contributed by atoms with E-state index in [1.165, 1.54) is 32.2 Å². The maximum Gasteiger partial charge on any atom is 0.254 e. The summed E-state index contributed by atoms with van der Waals surface area (Å²) < 4.78 is 5.66. The number of oxazole rings is 1. The summed E-state index contributed by atoms with van der Waals surface area (Å²) in [5.74, 6) is 1.95. The number of likely N-dealkylation sites (N-methyl/N-ethyl adjacent to an activating group) is 1. The standard InChI is InChI=1S/C23H32N4O2/c1-15-24-19-8-7-16(11-22(19)29-15)23(28)26-12-17-10-18(13-26)21(14-25(2)3)27-9-5-4-6-20(17)27/h7-8,11,17-18,20-21H,4-6,9-10,12-14H2,1-3H3/t17-,18+,20+,21+/m1/s1. The summed E-state index contributed by atoms with van der Waals surface area (Å²) >= 11 is 0. The number of rotatable bonds is 3. The topological polar surface area (TPSA) is 52.8 Å². The molecule has 0 unspecified atom stereocenters. The molecule has 6 heteroatoms. The van der Waals surface area contributed by atoms with Crippen molar-refractivity contribution in [2.24, 2.45) is 11.8 Å². The lowest BCUT2D eigenvalue weighted by atomic mass is 9.72. The van der Waals surface area contributed by atoms with Crippen molar-refractivity contribution in [1.29, 1.82) is 0 Å². The number of carbonyl (C=O) groups excluding carboxylic acids is 1. The van der Waals surface area contributed by atoms with E-state index in [1.807, 2.05) is 25.1 Å². The molecule has 0 radical (unpaired) electrons. The number of amides is 1. The Morgan fingerprint density at radius 2 is 2.07 bits per heavy atom. The highest BCUT2D eigenvalue weighted by Gasteiger charge is 2.47. The third-order valence-electron chi connectivity index (χ3n) is 7.20. The summed E-state index contributed by atoms with van der Waals surface area (Å²) in [4.78, 5) is 25.0. The van der Waals surface area contributed by atoms with Crippen molar-refractivity contribution in [2.45, 2.75) is 44.7 Å². The Kier molecular flexibility index (Phi) is 4.87. The zero-order valence-corrected chi connectivity index (χ0v) is 17.8. The van der Waals surface area contributed by atoms with E-state index in [0.717, 1.165) is 30.7 Å². The molecule has 1 aromatic heterocycles. The second-order valence-corrected chi connectivity index (χ2v) is 9.51. The lowest BCUT2D eigenvalue weighted by molar-refractivity contribution is -0.0702. The van der Waals surface area contributed by atoms with E-state index in [4.69, 9.17) is 4.42 Å². The molecule has 3 fully saturated rings. The summed E-state index contributed by atoms with van der Waals surface area (Å²) in [6.07, 6.45) is 5.20. The van der Waals surface area contributed by atoms with E-state index in [1.54, 1.807) is 0 Å². The van der Waals surface area contributed by atoms with Gasteiger partial charge in [-0.25, -0.2) is 4.98 Å². The van der Waals surface area contributed by atoms with E-state index in [-0.39, 0.29) is 5.91 Å². The van der Waals surface area contributed by atoms with E-state index >= 15 is 0 Å². The van der Waals surface area contributed by atoms with E-state index in [0.29, 0.717) is 35.4 Å². The van der Waals surface area contributed by atoms with Gasteiger partial charge in [0, 0.05) is 44.2 Å². The van der Waals surface area contributed by atoms with Gasteiger partial charge in [0.2, 0.25) is 0 Å². The van der Waals surface area contributed by atoms with Crippen LogP contribution < -0.4 is 0 Å². The number of hydrogen-bond acceptors (Lipinski definition) is 5. The molecule has 0 saturated carbocycles. The Bertz CT molecular complexity index is 907. The van der Waals surface area contributed by atoms with Gasteiger partial charge in [-0.05, 0) is 69.9 Å². The van der Waals surface area contributed by atoms with Gasteiger partial charge in [0.15, 0.2) is 11.5 Å². The fourth-order valence-corrected chi connectivity index (χ4v) is 6.05. The molecule has 156 valence electrons. The summed E-state index contributed by atoms with van der Waals surface area (Å²) in [5.41, 5.74) is 2.24. The molecule has 1 aromatic carbocycles. The third-order valence-corrected chi connectivity index (χ3v) is 7.20. The number of hydrogen-bond donors (Lipinski definition) is 0. The Morgan fingerprint density at radius 3 is 2.90 bits per heavy atom. The lowest BCUT2D eigenvalue weighted by Crippen LogP contribution is -2.65. The Balaban J connectivity index is 1.41. The molecular weight excluding hydrogens is 364 g/mol. The van der Waals surface area contributed by atoms with Crippen molar-refractivity contribution >= 4 is 17.0 Å². The average Bonchev–Trinajstić information content (AvgIpc) is 3.09. The summed E-state index contributed by atoms with van der Waals surface area (Å²) in [5, 5.41) is 0. The molecule has 1 amide bonds. The highest BCUT2D eigenvalue weighted by molar-refractivity contribution is 5.97. The van der Waals surface area contributed by atoms with Gasteiger partial charge in [-0.2, -0.15) is 0 Å². The summed E-state index contributed by atoms with van der Waals surface area (Å²) in [6, 6.07) is 6.87. The lowest BCUT2D eigenvalue weighted by Gasteiger charge is -2.57. The molecular formula is C23H32N4O2. The number of carbonyl (C=O) groups is 1. The largest absolute Gasteiger partial charge is 0.441 e. The van der Waals surface area contributed by atoms with Crippen LogP contribution in [0.4, 0.5) is 0 Å². The zero-order chi connectivity index (χ0) is 20.1. The van der Waals surface area contributed by atoms with Crippen LogP contribution in [0.15, 0.2) is 22.6 Å². The molecule has 29 heavy (non-hydrogen) atoms. The monoisotopic (exact) mass is 396 g/mol. The first-order chi connectivity index (χ1) is 14.0. The van der Waals surface area contributed by atoms with Gasteiger partial charge in [-0.1, -0.05) is 6.42 Å². The van der Waals surface area contributed by atoms with Gasteiger partial charge in [0.25, 0.3) is 5.91 Å². The van der Waals surface area contributed by atoms with E-state index < -0.39 is 0 Å². The number of fused-ring (bicyclic) bond motifs is 5. The van der Waals surface area contributed by atoms with Crippen LogP contribution in [0, 0.1) is 18.8 Å². The van der Waals surface area contributed by atoms with Crippen LogP contribution >= 0.6 is 0 Å². The average molecular weight is 397 g/mol. The van der Waals surface area contributed by atoms with Crippen LogP contribution in [0.5, 0.6) is 0 Å². The predicted molar refractivity (Wildman–Crippen MR) is 113 cm³/mol. The first-order valence-corrected chi connectivity index (χ1v) is 11.1. The minimum Gasteiger partial charge on any atom is -0.441 e. The van der Waals surface area contributed by atoms with Gasteiger partial charge in [0.1, 0.15) is 5.52 Å². The summed E-state index contributed by atoms with van der Waals surface area (Å²) in [6.45, 7) is 5.90. The minimum atomic E-state index is 0.142. The number of nitrogens with zero attached hydrogens (tertiary/aromatic N) is 4. The number of benzene rings is 1. The Hall–Kier alpha value is -1.92. The van der Waals surface area contributed by atoms with E-state index in [9.17, 15) is 4.79 Å². The van der Waals surface area contributed by atoms with Crippen LogP contribution in [-0.4, -0.2) is 77.9 Å². The third kappa shape index (κ3) is 3.46. The van der Waals surface area contributed by atoms with Crippen molar-refractivity contribution in [3.8, 4) is 0 Å². The summed E-state index contributed by atoms with van der Waals surface area (Å²) in [7, 11) is 4.34. The van der Waals surface area contributed by atoms with Crippen LogP contribution in [0.1, 0.15) is 41.9 Å². The number of aryl methyl sites for hydroxylation is 1. The smallest absolute Gasteiger partial charge is 0.254 e. The first-order valence-electron chi connectivity index (χ1n) is 11.1. The molecule has 4 atom stereocenters. The zero-order valence-electron chi connectivity index (χ0n) is 17.8. The molecule has 0 spiro atoms. The predicted octanol–water partition coefficient (Wildman–Crippen LogP) is 3.01. The van der Waals surface area contributed by atoms with Crippen molar-refractivity contribution < 1.29 is 9.21 Å². The number of likely N-dealkylation sites (tertiary alicyclic amines) is 1. The van der Waals surface area contributed by atoms with Crippen molar-refractivity contribution in [3.05, 3.63) is 29.7 Å². The SMILES string of the molecule is Cc1nc2ccc(C(=O)N3C[C@H]4C[C@@H](C3)[C@H](CN(C)C)N3CCCC[C@@H]43)cc2o1. The van der Waals surface area contributed by atoms with E-state index in [2.05, 4.69) is 33.8 Å². The molecule has 0 N–H and O–H groups in total. The van der Waals surface area contributed by atoms with Crippen LogP contribution in [0.3, 0.4) is 0 Å². The quantitative estimate of drug-likeness (QED) is 0.798. The molecule has 0 aliphatic carbocycles. The van der Waals surface area contributed by atoms with Gasteiger partial charge in [-0.15, -0.1) is 0 Å². The highest BCUT2D eigenvalue weighted by atomic mass is 16.3. The van der Waals surface area contributed by atoms with Crippen LogP contribution in [0.2, 0.25) is 0 Å². The highest BCUT2D eigenvalue weighted by Crippen LogP contribution is 2.41. The van der Waals surface area contributed by atoms with Crippen molar-refractivity contribution in [3.63, 3.8) is 0 Å². The molecule has 5 rings (SSSR count). The second-order valence-electron chi connectivity index (χ2n) is 9.51. The van der Waals surface area contributed by atoms with Gasteiger partial charge >= 0.3 is 0 Å². The second kappa shape index (κ2) is 7.40. The maximum atomic E-state index is 13.4. The molecule has 6 nitrogen and oxygen atoms in total. The molecule has 3 saturated heterocycles. The normalized spacial score (nSPS) is 30.0. The Labute approximate surface area is 172 Å². The minimum absolute atomic E-state index is 0.142. The van der Waals surface area contributed by atoms with Crippen molar-refractivity contribution in [2.75, 3.05) is 40.3 Å². The number of piperidine rings is 3. The van der Waals surface area contributed by atoms with Crippen LogP contribution in [0.25, 0.3) is 11.1 Å². The molecule has 2 bridgehead atoms. The fraction of sp³-hybridized carbons (Fsp3) is 0.652. The molecule has 2 aromatic rings. The van der Waals surface area contributed by atoms with Crippen LogP contribution in [-0.2, 0) is 0 Å². The molecule has 3 aliphatic heterocycles. The maximum absolute atomic E-state index is 13.4. The Morgan fingerprint density at radius 1 is 1.24 bits per heavy atom.